The Bertz CT molecular complexity index is 436. The van der Waals surface area contributed by atoms with Crippen molar-refractivity contribution in [1.82, 2.24) is 4.90 Å². The molecule has 1 aliphatic heterocycles. The molecule has 1 aliphatic rings. The molecule has 1 atom stereocenters. The number of ketones is 1. The van der Waals surface area contributed by atoms with Gasteiger partial charge in [0.25, 0.3) is 0 Å². The number of piperidine rings is 1. The number of benzene rings is 1. The average molecular weight is 265 g/mol. The van der Waals surface area contributed by atoms with Crippen LogP contribution in [0.2, 0.25) is 0 Å². The summed E-state index contributed by atoms with van der Waals surface area (Å²) < 4.78 is 18.8. The maximum absolute atomic E-state index is 13.5. The lowest BCUT2D eigenvalue weighted by Crippen LogP contribution is -2.40. The van der Waals surface area contributed by atoms with Crippen LogP contribution in [0.3, 0.4) is 0 Å². The fraction of sp³-hybridized carbons (Fsp3) is 0.533. The normalized spacial score (nSPS) is 20.4. The van der Waals surface area contributed by atoms with Crippen LogP contribution >= 0.6 is 0 Å². The van der Waals surface area contributed by atoms with Crippen molar-refractivity contribution in [3.63, 3.8) is 0 Å². The van der Waals surface area contributed by atoms with Crippen LogP contribution in [-0.2, 0) is 4.74 Å². The third-order valence-corrected chi connectivity index (χ3v) is 3.62. The van der Waals surface area contributed by atoms with Gasteiger partial charge in [0.1, 0.15) is 5.82 Å². The first-order valence-electron chi connectivity index (χ1n) is 6.73. The van der Waals surface area contributed by atoms with Gasteiger partial charge in [-0.15, -0.1) is 0 Å². The summed E-state index contributed by atoms with van der Waals surface area (Å²) >= 11 is 0. The second kappa shape index (κ2) is 6.78. The fourth-order valence-electron chi connectivity index (χ4n) is 2.49. The number of nitrogens with zero attached hydrogens (tertiary/aromatic N) is 1. The van der Waals surface area contributed by atoms with Crippen LogP contribution < -0.4 is 0 Å². The molecule has 0 N–H and O–H groups in total. The van der Waals surface area contributed by atoms with Crippen molar-refractivity contribution >= 4 is 5.78 Å². The van der Waals surface area contributed by atoms with Crippen LogP contribution in [0, 0.1) is 5.82 Å². The maximum Gasteiger partial charge on any atom is 0.167 e. The predicted molar refractivity (Wildman–Crippen MR) is 71.8 cm³/mol. The van der Waals surface area contributed by atoms with Gasteiger partial charge in [0.15, 0.2) is 5.78 Å². The highest BCUT2D eigenvalue weighted by atomic mass is 19.1. The van der Waals surface area contributed by atoms with Gasteiger partial charge in [0, 0.05) is 26.6 Å². The van der Waals surface area contributed by atoms with Crippen LogP contribution in [0.4, 0.5) is 4.39 Å². The highest BCUT2D eigenvalue weighted by Crippen LogP contribution is 2.14. The average Bonchev–Trinajstić information content (AvgIpc) is 2.45. The Morgan fingerprint density at radius 3 is 3.00 bits per heavy atom. The number of hydrogen-bond acceptors (Lipinski definition) is 3. The first kappa shape index (κ1) is 14.2. The topological polar surface area (TPSA) is 29.5 Å². The third-order valence-electron chi connectivity index (χ3n) is 3.62. The zero-order chi connectivity index (χ0) is 13.7. The maximum atomic E-state index is 13.5. The molecule has 1 aromatic carbocycles. The minimum atomic E-state index is -0.430. The van der Waals surface area contributed by atoms with E-state index in [0.717, 1.165) is 25.9 Å². The van der Waals surface area contributed by atoms with Gasteiger partial charge in [-0.25, -0.2) is 4.39 Å². The highest BCUT2D eigenvalue weighted by Gasteiger charge is 2.20. The summed E-state index contributed by atoms with van der Waals surface area (Å²) in [4.78, 5) is 14.2. The molecule has 0 aliphatic carbocycles. The van der Waals surface area contributed by atoms with E-state index in [4.69, 9.17) is 4.74 Å². The molecule has 1 saturated heterocycles. The molecule has 0 spiro atoms. The first-order chi connectivity index (χ1) is 9.20. The minimum Gasteiger partial charge on any atom is -0.380 e. The first-order valence-corrected chi connectivity index (χ1v) is 6.73. The molecule has 0 radical (unpaired) electrons. The molecule has 0 amide bonds. The number of rotatable bonds is 5. The standard InChI is InChI=1S/C15H20FNO2/c1-19-12-5-4-9-17(11-12)10-8-15(18)13-6-2-3-7-14(13)16/h2-3,6-7,12H,4-5,8-11H2,1H3. The minimum absolute atomic E-state index is 0.127. The number of hydrogen-bond donors (Lipinski definition) is 0. The van der Waals surface area contributed by atoms with Crippen molar-refractivity contribution in [1.29, 1.82) is 0 Å². The summed E-state index contributed by atoms with van der Waals surface area (Å²) in [6.45, 7) is 2.53. The lowest BCUT2D eigenvalue weighted by atomic mass is 10.1. The van der Waals surface area contributed by atoms with E-state index in [1.807, 2.05) is 0 Å². The monoisotopic (exact) mass is 265 g/mol. The second-order valence-corrected chi connectivity index (χ2v) is 4.95. The largest absolute Gasteiger partial charge is 0.380 e. The molecular formula is C15H20FNO2. The quantitative estimate of drug-likeness (QED) is 0.766. The Balaban J connectivity index is 1.85. The van der Waals surface area contributed by atoms with Gasteiger partial charge in [0.05, 0.1) is 11.7 Å². The number of Topliss-reactive ketones (excluding diaryl/α,β-unsaturated/α-hetero) is 1. The Morgan fingerprint density at radius 1 is 1.47 bits per heavy atom. The number of ether oxygens (including phenoxy) is 1. The number of methoxy groups -OCH3 is 1. The van der Waals surface area contributed by atoms with Crippen molar-refractivity contribution < 1.29 is 13.9 Å². The summed E-state index contributed by atoms with van der Waals surface area (Å²) in [6.07, 6.45) is 2.79. The summed E-state index contributed by atoms with van der Waals surface area (Å²) in [5.41, 5.74) is 0.197. The number of likely N-dealkylation sites (tertiary alicyclic amines) is 1. The summed E-state index contributed by atoms with van der Waals surface area (Å²) in [6, 6.07) is 6.17. The highest BCUT2D eigenvalue weighted by molar-refractivity contribution is 5.96. The fourth-order valence-corrected chi connectivity index (χ4v) is 2.49. The Kier molecular flexibility index (Phi) is 5.05. The molecule has 1 aromatic rings. The van der Waals surface area contributed by atoms with Crippen LogP contribution in [0.15, 0.2) is 24.3 Å². The van der Waals surface area contributed by atoms with E-state index in [9.17, 15) is 9.18 Å². The van der Waals surface area contributed by atoms with Gasteiger partial charge in [-0.05, 0) is 31.5 Å². The molecule has 1 heterocycles. The van der Waals surface area contributed by atoms with Gasteiger partial charge < -0.3 is 9.64 Å². The van der Waals surface area contributed by atoms with Crippen molar-refractivity contribution in [2.45, 2.75) is 25.4 Å². The van der Waals surface area contributed by atoms with Crippen LogP contribution in [0.5, 0.6) is 0 Å². The molecule has 3 nitrogen and oxygen atoms in total. The molecule has 1 unspecified atom stereocenters. The molecule has 0 aromatic heterocycles. The number of halogens is 1. The zero-order valence-electron chi connectivity index (χ0n) is 11.3. The van der Waals surface area contributed by atoms with Crippen molar-refractivity contribution in [3.8, 4) is 0 Å². The summed E-state index contributed by atoms with van der Waals surface area (Å²) in [5, 5.41) is 0. The molecule has 0 bridgehead atoms. The van der Waals surface area contributed by atoms with E-state index in [-0.39, 0.29) is 17.5 Å². The smallest absolute Gasteiger partial charge is 0.167 e. The van der Waals surface area contributed by atoms with E-state index >= 15 is 0 Å². The zero-order valence-corrected chi connectivity index (χ0v) is 11.3. The molecule has 2 rings (SSSR count). The van der Waals surface area contributed by atoms with Gasteiger partial charge in [0.2, 0.25) is 0 Å². The summed E-state index contributed by atoms with van der Waals surface area (Å²) in [7, 11) is 1.72. The van der Waals surface area contributed by atoms with Gasteiger partial charge >= 0.3 is 0 Å². The Hall–Kier alpha value is -1.26. The van der Waals surface area contributed by atoms with Crippen LogP contribution in [0.25, 0.3) is 0 Å². The second-order valence-electron chi connectivity index (χ2n) is 4.95. The number of carbonyl (C=O) groups excluding carboxylic acids is 1. The molecule has 1 fully saturated rings. The van der Waals surface area contributed by atoms with Crippen LogP contribution in [-0.4, -0.2) is 43.5 Å². The molecule has 19 heavy (non-hydrogen) atoms. The lowest BCUT2D eigenvalue weighted by Gasteiger charge is -2.31. The van der Waals surface area contributed by atoms with Crippen LogP contribution in [0.1, 0.15) is 29.6 Å². The van der Waals surface area contributed by atoms with Crippen molar-refractivity contribution in [2.75, 3.05) is 26.7 Å². The van der Waals surface area contributed by atoms with Crippen molar-refractivity contribution in [3.05, 3.63) is 35.6 Å². The SMILES string of the molecule is COC1CCCN(CCC(=O)c2ccccc2F)C1. The molecule has 4 heteroatoms. The third kappa shape index (κ3) is 3.85. The van der Waals surface area contributed by atoms with E-state index < -0.39 is 5.82 Å². The van der Waals surface area contributed by atoms with Crippen molar-refractivity contribution in [2.24, 2.45) is 0 Å². The van der Waals surface area contributed by atoms with E-state index in [2.05, 4.69) is 4.90 Å². The summed E-state index contributed by atoms with van der Waals surface area (Å²) in [5.74, 6) is -0.557. The van der Waals surface area contributed by atoms with Gasteiger partial charge in [-0.3, -0.25) is 4.79 Å². The van der Waals surface area contributed by atoms with E-state index in [1.54, 1.807) is 25.3 Å². The molecule has 104 valence electrons. The van der Waals surface area contributed by atoms with Gasteiger partial charge in [-0.2, -0.15) is 0 Å². The van der Waals surface area contributed by atoms with Gasteiger partial charge in [-0.1, -0.05) is 12.1 Å². The van der Waals surface area contributed by atoms with E-state index in [0.29, 0.717) is 13.0 Å². The molecular weight excluding hydrogens is 245 g/mol. The Labute approximate surface area is 113 Å². The Morgan fingerprint density at radius 2 is 2.26 bits per heavy atom. The number of carbonyl (C=O) groups is 1. The predicted octanol–water partition coefficient (Wildman–Crippen LogP) is 2.51. The molecule has 0 saturated carbocycles. The van der Waals surface area contributed by atoms with E-state index in [1.165, 1.54) is 6.07 Å². The lowest BCUT2D eigenvalue weighted by molar-refractivity contribution is 0.0309.